The lowest BCUT2D eigenvalue weighted by molar-refractivity contribution is 0.0610. The van der Waals surface area contributed by atoms with Gasteiger partial charge in [-0.3, -0.25) is 14.6 Å². The molecule has 1 aromatic carbocycles. The number of hydrogen-bond acceptors (Lipinski definition) is 7. The molecule has 1 aliphatic heterocycles. The zero-order valence-corrected chi connectivity index (χ0v) is 22.6. The maximum atomic E-state index is 13.6. The maximum Gasteiger partial charge on any atom is 0.253 e. The van der Waals surface area contributed by atoms with Crippen molar-refractivity contribution in [1.29, 1.82) is 0 Å². The molecular formula is C29H41N7O2. The molecule has 204 valence electrons. The number of H-pyrrole nitrogens is 1. The van der Waals surface area contributed by atoms with Crippen molar-refractivity contribution < 1.29 is 4.74 Å². The minimum Gasteiger partial charge on any atom is -0.494 e. The number of pyridine rings is 1. The maximum absolute atomic E-state index is 13.6. The van der Waals surface area contributed by atoms with Crippen LogP contribution in [0.25, 0.3) is 10.9 Å². The number of aromatic nitrogens is 5. The second-order valence-corrected chi connectivity index (χ2v) is 11.3. The SMILES string of the molecule is CCOc1ccc2[nH]c(=O)c(C(c3nnnn3C3CCCCC3)N3CCN(C4CCCCC4)CC3)cc2c1. The summed E-state index contributed by atoms with van der Waals surface area (Å²) in [5, 5.41) is 14.2. The molecule has 3 heterocycles. The molecular weight excluding hydrogens is 478 g/mol. The molecule has 2 aromatic heterocycles. The van der Waals surface area contributed by atoms with Crippen LogP contribution in [-0.2, 0) is 0 Å². The quantitative estimate of drug-likeness (QED) is 0.493. The van der Waals surface area contributed by atoms with Crippen LogP contribution in [0.3, 0.4) is 0 Å². The molecule has 3 aromatic rings. The van der Waals surface area contributed by atoms with E-state index in [9.17, 15) is 4.79 Å². The molecule has 0 amide bonds. The third-order valence-electron chi connectivity index (χ3n) is 8.94. The summed E-state index contributed by atoms with van der Waals surface area (Å²) < 4.78 is 7.80. The van der Waals surface area contributed by atoms with Gasteiger partial charge in [0.05, 0.1) is 12.6 Å². The molecule has 2 aliphatic carbocycles. The van der Waals surface area contributed by atoms with Crippen molar-refractivity contribution in [1.82, 2.24) is 35.0 Å². The number of ether oxygens (including phenoxy) is 1. The summed E-state index contributed by atoms with van der Waals surface area (Å²) in [6, 6.07) is 8.60. The Morgan fingerprint density at radius 2 is 1.66 bits per heavy atom. The molecule has 38 heavy (non-hydrogen) atoms. The molecule has 9 nitrogen and oxygen atoms in total. The molecule has 2 saturated carbocycles. The third-order valence-corrected chi connectivity index (χ3v) is 8.94. The Morgan fingerprint density at radius 3 is 2.37 bits per heavy atom. The van der Waals surface area contributed by atoms with Crippen LogP contribution in [0.1, 0.15) is 94.6 Å². The van der Waals surface area contributed by atoms with Gasteiger partial charge in [-0.05, 0) is 67.3 Å². The van der Waals surface area contributed by atoms with Crippen LogP contribution in [0.2, 0.25) is 0 Å². The average molecular weight is 520 g/mol. The van der Waals surface area contributed by atoms with Crippen LogP contribution in [0.15, 0.2) is 29.1 Å². The van der Waals surface area contributed by atoms with Crippen LogP contribution < -0.4 is 10.3 Å². The normalized spacial score (nSPS) is 21.6. The van der Waals surface area contributed by atoms with Crippen LogP contribution in [-0.4, -0.2) is 73.8 Å². The molecule has 6 rings (SSSR count). The van der Waals surface area contributed by atoms with E-state index in [0.717, 1.165) is 61.5 Å². The Kier molecular flexibility index (Phi) is 7.74. The second kappa shape index (κ2) is 11.5. The minimum absolute atomic E-state index is 0.0698. The average Bonchev–Trinajstić information content (AvgIpc) is 3.45. The minimum atomic E-state index is -0.288. The summed E-state index contributed by atoms with van der Waals surface area (Å²) in [5.74, 6) is 1.61. The van der Waals surface area contributed by atoms with E-state index in [1.807, 2.05) is 35.9 Å². The van der Waals surface area contributed by atoms with Crippen molar-refractivity contribution in [2.75, 3.05) is 32.8 Å². The Morgan fingerprint density at radius 1 is 0.947 bits per heavy atom. The van der Waals surface area contributed by atoms with E-state index in [-0.39, 0.29) is 11.6 Å². The van der Waals surface area contributed by atoms with Gasteiger partial charge in [0.1, 0.15) is 11.8 Å². The van der Waals surface area contributed by atoms with Gasteiger partial charge in [0.15, 0.2) is 5.82 Å². The highest BCUT2D eigenvalue weighted by molar-refractivity contribution is 5.80. The molecule has 3 fully saturated rings. The first-order valence-corrected chi connectivity index (χ1v) is 14.8. The van der Waals surface area contributed by atoms with E-state index in [0.29, 0.717) is 24.3 Å². The van der Waals surface area contributed by atoms with Gasteiger partial charge < -0.3 is 9.72 Å². The zero-order chi connectivity index (χ0) is 25.9. The number of fused-ring (bicyclic) bond motifs is 1. The number of aromatic amines is 1. The van der Waals surface area contributed by atoms with Crippen molar-refractivity contribution in [3.63, 3.8) is 0 Å². The molecule has 1 N–H and O–H groups in total. The fourth-order valence-electron chi connectivity index (χ4n) is 6.93. The van der Waals surface area contributed by atoms with E-state index in [1.165, 1.54) is 51.4 Å². The predicted octanol–water partition coefficient (Wildman–Crippen LogP) is 4.46. The van der Waals surface area contributed by atoms with Crippen molar-refractivity contribution >= 4 is 10.9 Å². The number of piperazine rings is 1. The highest BCUT2D eigenvalue weighted by Gasteiger charge is 2.35. The number of benzene rings is 1. The van der Waals surface area contributed by atoms with Gasteiger partial charge in [-0.1, -0.05) is 38.5 Å². The second-order valence-electron chi connectivity index (χ2n) is 11.3. The van der Waals surface area contributed by atoms with E-state index < -0.39 is 0 Å². The third kappa shape index (κ3) is 5.23. The first-order valence-electron chi connectivity index (χ1n) is 14.8. The van der Waals surface area contributed by atoms with Crippen LogP contribution in [0.4, 0.5) is 0 Å². The lowest BCUT2D eigenvalue weighted by Gasteiger charge is -2.43. The van der Waals surface area contributed by atoms with Gasteiger partial charge in [-0.15, -0.1) is 5.10 Å². The Balaban J connectivity index is 1.36. The monoisotopic (exact) mass is 519 g/mol. The number of rotatable bonds is 7. The molecule has 0 bridgehead atoms. The van der Waals surface area contributed by atoms with Crippen molar-refractivity contribution in [3.05, 3.63) is 46.0 Å². The lowest BCUT2D eigenvalue weighted by atomic mass is 9.93. The summed E-state index contributed by atoms with van der Waals surface area (Å²) >= 11 is 0. The summed E-state index contributed by atoms with van der Waals surface area (Å²) in [4.78, 5) is 21.9. The molecule has 1 saturated heterocycles. The van der Waals surface area contributed by atoms with Crippen molar-refractivity contribution in [3.8, 4) is 5.75 Å². The van der Waals surface area contributed by atoms with Gasteiger partial charge in [-0.2, -0.15) is 0 Å². The van der Waals surface area contributed by atoms with Crippen molar-refractivity contribution in [2.24, 2.45) is 0 Å². The Labute approximate surface area is 224 Å². The van der Waals surface area contributed by atoms with E-state index in [1.54, 1.807) is 0 Å². The largest absolute Gasteiger partial charge is 0.494 e. The summed E-state index contributed by atoms with van der Waals surface area (Å²) in [6.07, 6.45) is 12.5. The number of nitrogens with one attached hydrogen (secondary N) is 1. The number of hydrogen-bond donors (Lipinski definition) is 1. The molecule has 9 heteroatoms. The van der Waals surface area contributed by atoms with Gasteiger partial charge in [-0.25, -0.2) is 4.68 Å². The lowest BCUT2D eigenvalue weighted by Crippen LogP contribution is -2.52. The van der Waals surface area contributed by atoms with Crippen molar-refractivity contribution in [2.45, 2.75) is 89.3 Å². The standard InChI is InChI=1S/C29H41N7O2/c1-2-38-24-13-14-26-21(19-24)20-25(29(37)30-26)27(28-31-32-33-36(28)23-11-7-4-8-12-23)35-17-15-34(16-18-35)22-9-5-3-6-10-22/h13-14,19-20,22-23,27H,2-12,15-18H2,1H3,(H,30,37). The number of nitrogens with zero attached hydrogens (tertiary/aromatic N) is 6. The Bertz CT molecular complexity index is 1270. The summed E-state index contributed by atoms with van der Waals surface area (Å²) in [5.41, 5.74) is 1.46. The van der Waals surface area contributed by atoms with Gasteiger partial charge in [0, 0.05) is 48.7 Å². The molecule has 3 aliphatic rings. The molecule has 1 unspecified atom stereocenters. The fraction of sp³-hybridized carbons (Fsp3) is 0.655. The van der Waals surface area contributed by atoms with E-state index in [2.05, 4.69) is 30.3 Å². The van der Waals surface area contributed by atoms with E-state index in [4.69, 9.17) is 4.74 Å². The molecule has 0 spiro atoms. The first-order chi connectivity index (χ1) is 18.7. The predicted molar refractivity (Wildman–Crippen MR) is 148 cm³/mol. The van der Waals surface area contributed by atoms with Gasteiger partial charge in [0.2, 0.25) is 0 Å². The topological polar surface area (TPSA) is 92.2 Å². The van der Waals surface area contributed by atoms with Gasteiger partial charge in [0.25, 0.3) is 5.56 Å². The van der Waals surface area contributed by atoms with Crippen LogP contribution in [0.5, 0.6) is 5.75 Å². The highest BCUT2D eigenvalue weighted by atomic mass is 16.5. The number of tetrazole rings is 1. The highest BCUT2D eigenvalue weighted by Crippen LogP contribution is 2.34. The van der Waals surface area contributed by atoms with E-state index >= 15 is 0 Å². The fourth-order valence-corrected chi connectivity index (χ4v) is 6.93. The zero-order valence-electron chi connectivity index (χ0n) is 22.6. The summed E-state index contributed by atoms with van der Waals surface area (Å²) in [7, 11) is 0. The first kappa shape index (κ1) is 25.5. The van der Waals surface area contributed by atoms with Crippen LogP contribution in [0, 0.1) is 0 Å². The smallest absolute Gasteiger partial charge is 0.253 e. The molecule has 0 radical (unpaired) electrons. The molecule has 1 atom stereocenters. The van der Waals surface area contributed by atoms with Gasteiger partial charge >= 0.3 is 0 Å². The Hall–Kier alpha value is -2.78. The van der Waals surface area contributed by atoms with Crippen LogP contribution >= 0.6 is 0 Å². The summed E-state index contributed by atoms with van der Waals surface area (Å²) in [6.45, 7) is 6.42.